The van der Waals surface area contributed by atoms with Gasteiger partial charge in [0, 0.05) is 66.9 Å². The van der Waals surface area contributed by atoms with Crippen molar-refractivity contribution in [2.45, 2.75) is 0 Å². The second-order valence-electron chi connectivity index (χ2n) is 9.01. The molecule has 0 bridgehead atoms. The number of carbonyl (C=O) groups is 1. The molecule has 1 aliphatic heterocycles. The van der Waals surface area contributed by atoms with Crippen LogP contribution in [-0.4, -0.2) is 75.3 Å². The highest BCUT2D eigenvalue weighted by molar-refractivity contribution is 6.41. The molecule has 9 nitrogen and oxygen atoms in total. The summed E-state index contributed by atoms with van der Waals surface area (Å²) in [6.45, 7) is 4.31. The van der Waals surface area contributed by atoms with E-state index in [1.165, 1.54) is 14.2 Å². The summed E-state index contributed by atoms with van der Waals surface area (Å²) in [5, 5.41) is 20.8. The molecule has 1 amide bonds. The molecule has 3 aromatic carbocycles. The summed E-state index contributed by atoms with van der Waals surface area (Å²) in [5.74, 6) is 0.246. The molecule has 0 atom stereocenters. The fourth-order valence-corrected chi connectivity index (χ4v) is 5.25. The highest BCUT2D eigenvalue weighted by Gasteiger charge is 2.21. The third-order valence-corrected chi connectivity index (χ3v) is 7.46. The average molecular weight is 572 g/mol. The van der Waals surface area contributed by atoms with Gasteiger partial charge in [0.15, 0.2) is 0 Å². The van der Waals surface area contributed by atoms with Crippen molar-refractivity contribution < 1.29 is 19.4 Å². The van der Waals surface area contributed by atoms with Crippen molar-refractivity contribution >= 4 is 46.3 Å². The number of anilines is 2. The van der Waals surface area contributed by atoms with Gasteiger partial charge < -0.3 is 30.5 Å². The smallest absolute Gasteiger partial charge is 0.256 e. The predicted octanol–water partition coefficient (Wildman–Crippen LogP) is 4.13. The second-order valence-corrected chi connectivity index (χ2v) is 9.77. The Bertz CT molecular complexity index is 1330. The van der Waals surface area contributed by atoms with Crippen molar-refractivity contribution in [3.05, 3.63) is 69.7 Å². The number of amides is 1. The fraction of sp³-hybridized carbons (Fsp3) is 0.286. The Balaban J connectivity index is 1.46. The number of hydrogen-bond acceptors (Lipinski definition) is 8. The first-order chi connectivity index (χ1) is 18.8. The van der Waals surface area contributed by atoms with Crippen LogP contribution in [0.2, 0.25) is 10.0 Å². The summed E-state index contributed by atoms with van der Waals surface area (Å²) in [6, 6.07) is 13.9. The molecule has 1 aliphatic rings. The molecule has 206 valence electrons. The number of piperazine rings is 1. The molecule has 11 heteroatoms. The molecule has 0 aromatic heterocycles. The number of amidine groups is 1. The third kappa shape index (κ3) is 6.23. The number of nitrogen functional groups attached to an aromatic ring is 1. The fourth-order valence-electron chi connectivity index (χ4n) is 4.53. The number of methoxy groups -OCH3 is 2. The minimum Gasteiger partial charge on any atom is -0.495 e. The highest BCUT2D eigenvalue weighted by Crippen LogP contribution is 2.46. The highest BCUT2D eigenvalue weighted by atomic mass is 35.5. The van der Waals surface area contributed by atoms with E-state index >= 15 is 0 Å². The van der Waals surface area contributed by atoms with Crippen LogP contribution in [0, 0.1) is 5.41 Å². The van der Waals surface area contributed by atoms with Crippen molar-refractivity contribution in [2.24, 2.45) is 0 Å². The number of nitrogens with two attached hydrogens (primary N) is 1. The van der Waals surface area contributed by atoms with Gasteiger partial charge in [0.05, 0.1) is 30.9 Å². The Morgan fingerprint density at radius 2 is 1.62 bits per heavy atom. The maximum absolute atomic E-state index is 12.9. The first-order valence-electron chi connectivity index (χ1n) is 12.4. The van der Waals surface area contributed by atoms with Crippen LogP contribution in [0.5, 0.6) is 11.5 Å². The molecular formula is C28H31Cl2N5O4. The third-order valence-electron chi connectivity index (χ3n) is 6.70. The van der Waals surface area contributed by atoms with Crippen molar-refractivity contribution in [3.8, 4) is 22.6 Å². The number of aliphatic hydroxyl groups excluding tert-OH is 1. The minimum absolute atomic E-state index is 0.131. The van der Waals surface area contributed by atoms with E-state index in [-0.39, 0.29) is 18.1 Å². The van der Waals surface area contributed by atoms with Crippen molar-refractivity contribution in [2.75, 3.05) is 64.2 Å². The zero-order valence-electron chi connectivity index (χ0n) is 21.8. The van der Waals surface area contributed by atoms with Crippen LogP contribution in [0.25, 0.3) is 11.1 Å². The number of benzene rings is 3. The summed E-state index contributed by atoms with van der Waals surface area (Å²) >= 11 is 13.1. The summed E-state index contributed by atoms with van der Waals surface area (Å²) in [4.78, 5) is 17.3. The van der Waals surface area contributed by atoms with E-state index < -0.39 is 5.91 Å². The van der Waals surface area contributed by atoms with Gasteiger partial charge in [-0.1, -0.05) is 29.3 Å². The van der Waals surface area contributed by atoms with Gasteiger partial charge >= 0.3 is 0 Å². The SMILES string of the molecule is COc1cc(OC)c(Cl)c(-c2ccc(C(=N)NC(=O)c3ccc(N4CCN(CCO)CC4)cc3)c(N)c2)c1Cl. The maximum Gasteiger partial charge on any atom is 0.256 e. The number of rotatable bonds is 8. The minimum atomic E-state index is -0.411. The molecule has 1 heterocycles. The van der Waals surface area contributed by atoms with Gasteiger partial charge in [-0.2, -0.15) is 0 Å². The maximum atomic E-state index is 12.9. The monoisotopic (exact) mass is 571 g/mol. The summed E-state index contributed by atoms with van der Waals surface area (Å²) < 4.78 is 10.7. The van der Waals surface area contributed by atoms with E-state index in [9.17, 15) is 4.79 Å². The largest absolute Gasteiger partial charge is 0.495 e. The number of carbonyl (C=O) groups excluding carboxylic acids is 1. The number of nitrogens with one attached hydrogen (secondary N) is 2. The van der Waals surface area contributed by atoms with Gasteiger partial charge in [0.2, 0.25) is 0 Å². The van der Waals surface area contributed by atoms with Crippen LogP contribution in [-0.2, 0) is 0 Å². The van der Waals surface area contributed by atoms with E-state index in [0.717, 1.165) is 31.9 Å². The molecular weight excluding hydrogens is 541 g/mol. The Kier molecular flexibility index (Phi) is 9.19. The van der Waals surface area contributed by atoms with E-state index in [1.54, 1.807) is 36.4 Å². The average Bonchev–Trinajstić information content (AvgIpc) is 2.94. The van der Waals surface area contributed by atoms with E-state index in [0.29, 0.717) is 50.3 Å². The second kappa shape index (κ2) is 12.6. The molecule has 0 spiro atoms. The quantitative estimate of drug-likeness (QED) is 0.182. The van der Waals surface area contributed by atoms with Gasteiger partial charge in [-0.25, -0.2) is 0 Å². The van der Waals surface area contributed by atoms with Gasteiger partial charge in [0.1, 0.15) is 17.3 Å². The molecule has 0 aliphatic carbocycles. The molecule has 0 radical (unpaired) electrons. The number of β-amino-alcohol motifs (C(OH)–C–C–N with tert-alkyl or cyclic N) is 1. The lowest BCUT2D eigenvalue weighted by molar-refractivity contribution is 0.0977. The van der Waals surface area contributed by atoms with Crippen LogP contribution < -0.4 is 25.4 Å². The van der Waals surface area contributed by atoms with Gasteiger partial charge in [-0.3, -0.25) is 15.1 Å². The first kappa shape index (κ1) is 28.5. The first-order valence-corrected chi connectivity index (χ1v) is 13.1. The van der Waals surface area contributed by atoms with Gasteiger partial charge in [0.25, 0.3) is 5.91 Å². The van der Waals surface area contributed by atoms with Crippen molar-refractivity contribution in [3.63, 3.8) is 0 Å². The number of halogens is 2. The molecule has 3 aromatic rings. The predicted molar refractivity (Wildman–Crippen MR) is 156 cm³/mol. The van der Waals surface area contributed by atoms with E-state index in [2.05, 4.69) is 15.1 Å². The molecule has 0 saturated carbocycles. The Morgan fingerprint density at radius 1 is 1.00 bits per heavy atom. The van der Waals surface area contributed by atoms with Crippen LogP contribution in [0.1, 0.15) is 15.9 Å². The van der Waals surface area contributed by atoms with E-state index in [4.69, 9.17) is 48.9 Å². The molecule has 1 fully saturated rings. The molecule has 4 rings (SSSR count). The molecule has 5 N–H and O–H groups in total. The lowest BCUT2D eigenvalue weighted by Crippen LogP contribution is -2.47. The number of aliphatic hydroxyl groups is 1. The van der Waals surface area contributed by atoms with Crippen LogP contribution in [0.3, 0.4) is 0 Å². The van der Waals surface area contributed by atoms with Crippen LogP contribution in [0.4, 0.5) is 11.4 Å². The zero-order chi connectivity index (χ0) is 28.1. The molecule has 39 heavy (non-hydrogen) atoms. The normalized spacial score (nSPS) is 13.7. The Labute approximate surface area is 237 Å². The lowest BCUT2D eigenvalue weighted by Gasteiger charge is -2.35. The van der Waals surface area contributed by atoms with Gasteiger partial charge in [-0.05, 0) is 42.0 Å². The molecule has 1 saturated heterocycles. The Morgan fingerprint density at radius 3 is 2.15 bits per heavy atom. The van der Waals surface area contributed by atoms with E-state index in [1.807, 2.05) is 12.1 Å². The number of ether oxygens (including phenoxy) is 2. The summed E-state index contributed by atoms with van der Waals surface area (Å²) in [6.07, 6.45) is 0. The number of hydrogen-bond donors (Lipinski definition) is 4. The van der Waals surface area contributed by atoms with Crippen LogP contribution in [0.15, 0.2) is 48.5 Å². The van der Waals surface area contributed by atoms with Crippen molar-refractivity contribution in [1.82, 2.24) is 10.2 Å². The Hall–Kier alpha value is -3.50. The van der Waals surface area contributed by atoms with Gasteiger partial charge in [-0.15, -0.1) is 0 Å². The standard InChI is InChI=1S/C28H31Cl2N5O4/c1-38-22-16-23(39-2)26(30)24(25(22)29)18-5-8-20(21(31)15-18)27(32)33-28(37)17-3-6-19(7-4-17)35-11-9-34(10-12-35)13-14-36/h3-8,15-16,36H,9-14,31H2,1-2H3,(H2,32,33,37). The molecule has 0 unspecified atom stereocenters. The summed E-state index contributed by atoms with van der Waals surface area (Å²) in [7, 11) is 2.99. The number of nitrogens with zero attached hydrogens (tertiary/aromatic N) is 2. The summed E-state index contributed by atoms with van der Waals surface area (Å²) in [5.41, 5.74) is 9.45. The zero-order valence-corrected chi connectivity index (χ0v) is 23.3. The van der Waals surface area contributed by atoms with Crippen LogP contribution >= 0.6 is 23.2 Å². The van der Waals surface area contributed by atoms with Crippen molar-refractivity contribution in [1.29, 1.82) is 5.41 Å². The lowest BCUT2D eigenvalue weighted by atomic mass is 10.0. The topological polar surface area (TPSA) is 124 Å².